The van der Waals surface area contributed by atoms with Gasteiger partial charge < -0.3 is 14.5 Å². The van der Waals surface area contributed by atoms with Crippen LogP contribution in [0.3, 0.4) is 0 Å². The minimum atomic E-state index is -0.359. The quantitative estimate of drug-likeness (QED) is 0.480. The smallest absolute Gasteiger partial charge is 0.291 e. The predicted molar refractivity (Wildman–Crippen MR) is 106 cm³/mol. The Balaban J connectivity index is 1.36. The second-order valence-corrected chi connectivity index (χ2v) is 6.74. The van der Waals surface area contributed by atoms with Crippen LogP contribution in [-0.2, 0) is 6.61 Å². The first kappa shape index (κ1) is 18.0. The second kappa shape index (κ2) is 8.10. The van der Waals surface area contributed by atoms with Crippen LogP contribution < -0.4 is 10.1 Å². The van der Waals surface area contributed by atoms with Gasteiger partial charge in [-0.15, -0.1) is 0 Å². The number of anilines is 1. The van der Waals surface area contributed by atoms with E-state index >= 15 is 0 Å². The number of nitrogens with zero attached hydrogens (tertiary/aromatic N) is 3. The van der Waals surface area contributed by atoms with Gasteiger partial charge in [0.15, 0.2) is 11.6 Å². The molecule has 28 heavy (non-hydrogen) atoms. The summed E-state index contributed by atoms with van der Waals surface area (Å²) in [4.78, 5) is 16.6. The molecular formula is C20H15BrN4O3. The lowest BCUT2D eigenvalue weighted by Gasteiger charge is -2.05. The largest absolute Gasteiger partial charge is 0.486 e. The standard InChI is InChI=1S/C20H15BrN4O3/c21-14-3-1-4-16(11-14)27-13-17-6-7-18(28-17)20(26)24-15-5-8-19(22-12-15)25-10-2-9-23-25/h1-12H,13H2,(H,24,26). The molecule has 0 aliphatic rings. The molecule has 8 heteroatoms. The van der Waals surface area contributed by atoms with Crippen molar-refractivity contribution in [3.63, 3.8) is 0 Å². The average Bonchev–Trinajstić information content (AvgIpc) is 3.39. The van der Waals surface area contributed by atoms with Crippen molar-refractivity contribution in [1.82, 2.24) is 14.8 Å². The van der Waals surface area contributed by atoms with Crippen molar-refractivity contribution in [2.24, 2.45) is 0 Å². The van der Waals surface area contributed by atoms with Crippen LogP contribution >= 0.6 is 15.9 Å². The molecular weight excluding hydrogens is 424 g/mol. The zero-order chi connectivity index (χ0) is 19.3. The fourth-order valence-corrected chi connectivity index (χ4v) is 2.86. The van der Waals surface area contributed by atoms with Gasteiger partial charge in [-0.25, -0.2) is 9.67 Å². The molecule has 140 valence electrons. The molecule has 4 aromatic rings. The fraction of sp³-hybridized carbons (Fsp3) is 0.0500. The molecule has 3 aromatic heterocycles. The lowest BCUT2D eigenvalue weighted by molar-refractivity contribution is 0.0992. The van der Waals surface area contributed by atoms with Gasteiger partial charge in [0.1, 0.15) is 18.1 Å². The highest BCUT2D eigenvalue weighted by Crippen LogP contribution is 2.20. The number of nitrogens with one attached hydrogen (secondary N) is 1. The molecule has 0 spiro atoms. The van der Waals surface area contributed by atoms with Gasteiger partial charge in [-0.05, 0) is 48.5 Å². The monoisotopic (exact) mass is 438 g/mol. The summed E-state index contributed by atoms with van der Waals surface area (Å²) in [6, 6.07) is 16.2. The number of carbonyl (C=O) groups is 1. The molecule has 0 fully saturated rings. The van der Waals surface area contributed by atoms with Crippen molar-refractivity contribution < 1.29 is 13.9 Å². The van der Waals surface area contributed by atoms with Crippen LogP contribution in [0.1, 0.15) is 16.3 Å². The number of hydrogen-bond acceptors (Lipinski definition) is 5. The van der Waals surface area contributed by atoms with Crippen LogP contribution in [0.5, 0.6) is 5.75 Å². The summed E-state index contributed by atoms with van der Waals surface area (Å²) in [6.07, 6.45) is 5.03. The maximum absolute atomic E-state index is 12.4. The first-order valence-electron chi connectivity index (χ1n) is 8.42. The Labute approximate surface area is 169 Å². The number of furan rings is 1. The summed E-state index contributed by atoms with van der Waals surface area (Å²) < 4.78 is 13.8. The molecule has 0 saturated heterocycles. The topological polar surface area (TPSA) is 82.2 Å². The number of amides is 1. The van der Waals surface area contributed by atoms with E-state index in [0.29, 0.717) is 23.0 Å². The van der Waals surface area contributed by atoms with E-state index in [1.54, 1.807) is 47.5 Å². The van der Waals surface area contributed by atoms with Crippen LogP contribution in [0.25, 0.3) is 5.82 Å². The Hall–Kier alpha value is -3.39. The number of benzene rings is 1. The molecule has 1 aromatic carbocycles. The van der Waals surface area contributed by atoms with E-state index in [2.05, 4.69) is 31.3 Å². The number of rotatable bonds is 6. The summed E-state index contributed by atoms with van der Waals surface area (Å²) >= 11 is 3.39. The average molecular weight is 439 g/mol. The van der Waals surface area contributed by atoms with E-state index in [0.717, 1.165) is 4.47 Å². The predicted octanol–water partition coefficient (Wildman–Crippen LogP) is 4.45. The molecule has 0 radical (unpaired) electrons. The first-order chi connectivity index (χ1) is 13.7. The maximum atomic E-state index is 12.4. The normalized spacial score (nSPS) is 10.6. The van der Waals surface area contributed by atoms with Crippen molar-refractivity contribution in [3.05, 3.63) is 89.2 Å². The molecule has 1 N–H and O–H groups in total. The highest BCUT2D eigenvalue weighted by molar-refractivity contribution is 9.10. The lowest BCUT2D eigenvalue weighted by Crippen LogP contribution is -2.11. The Morgan fingerprint density at radius 3 is 2.86 bits per heavy atom. The summed E-state index contributed by atoms with van der Waals surface area (Å²) in [5.74, 6) is 1.76. The molecule has 0 aliphatic carbocycles. The Bertz CT molecular complexity index is 1080. The van der Waals surface area contributed by atoms with E-state index in [9.17, 15) is 4.79 Å². The van der Waals surface area contributed by atoms with Gasteiger partial charge in [-0.2, -0.15) is 5.10 Å². The zero-order valence-electron chi connectivity index (χ0n) is 14.6. The first-order valence-corrected chi connectivity index (χ1v) is 9.21. The Morgan fingerprint density at radius 1 is 1.18 bits per heavy atom. The minimum Gasteiger partial charge on any atom is -0.486 e. The van der Waals surface area contributed by atoms with Crippen molar-refractivity contribution in [2.75, 3.05) is 5.32 Å². The van der Waals surface area contributed by atoms with E-state index in [1.807, 2.05) is 30.3 Å². The summed E-state index contributed by atoms with van der Waals surface area (Å²) in [5.41, 5.74) is 0.559. The SMILES string of the molecule is O=C(Nc1ccc(-n2cccn2)nc1)c1ccc(COc2cccc(Br)c2)o1. The molecule has 0 aliphatic heterocycles. The van der Waals surface area contributed by atoms with E-state index in [-0.39, 0.29) is 18.3 Å². The number of aromatic nitrogens is 3. The summed E-state index contributed by atoms with van der Waals surface area (Å²) in [7, 11) is 0. The Kier molecular flexibility index (Phi) is 5.20. The van der Waals surface area contributed by atoms with Crippen LogP contribution in [-0.4, -0.2) is 20.7 Å². The third-order valence-electron chi connectivity index (χ3n) is 3.81. The van der Waals surface area contributed by atoms with Crippen molar-refractivity contribution in [3.8, 4) is 11.6 Å². The molecule has 7 nitrogen and oxygen atoms in total. The highest BCUT2D eigenvalue weighted by Gasteiger charge is 2.12. The number of carbonyl (C=O) groups excluding carboxylic acids is 1. The molecule has 3 heterocycles. The summed E-state index contributed by atoms with van der Waals surface area (Å²) in [5, 5.41) is 6.86. The number of hydrogen-bond donors (Lipinski definition) is 1. The zero-order valence-corrected chi connectivity index (χ0v) is 16.2. The highest BCUT2D eigenvalue weighted by atomic mass is 79.9. The second-order valence-electron chi connectivity index (χ2n) is 5.82. The van der Waals surface area contributed by atoms with Gasteiger partial charge in [-0.3, -0.25) is 4.79 Å². The van der Waals surface area contributed by atoms with E-state index < -0.39 is 0 Å². The van der Waals surface area contributed by atoms with Crippen LogP contribution in [0.4, 0.5) is 5.69 Å². The van der Waals surface area contributed by atoms with Gasteiger partial charge in [0.05, 0.1) is 11.9 Å². The molecule has 4 rings (SSSR count). The van der Waals surface area contributed by atoms with Gasteiger partial charge in [0.25, 0.3) is 5.91 Å². The molecule has 0 saturated carbocycles. The molecule has 0 unspecified atom stereocenters. The number of halogens is 1. The molecule has 0 atom stereocenters. The van der Waals surface area contributed by atoms with Crippen LogP contribution in [0.15, 0.2) is 82.1 Å². The van der Waals surface area contributed by atoms with Gasteiger partial charge >= 0.3 is 0 Å². The lowest BCUT2D eigenvalue weighted by atomic mass is 10.3. The van der Waals surface area contributed by atoms with Crippen LogP contribution in [0.2, 0.25) is 0 Å². The van der Waals surface area contributed by atoms with Crippen molar-refractivity contribution in [1.29, 1.82) is 0 Å². The Morgan fingerprint density at radius 2 is 2.11 bits per heavy atom. The minimum absolute atomic E-state index is 0.198. The van der Waals surface area contributed by atoms with E-state index in [4.69, 9.17) is 9.15 Å². The fourth-order valence-electron chi connectivity index (χ4n) is 2.48. The molecule has 0 bridgehead atoms. The molecule has 1 amide bonds. The van der Waals surface area contributed by atoms with Gasteiger partial charge in [-0.1, -0.05) is 22.0 Å². The third kappa shape index (κ3) is 4.29. The number of pyridine rings is 1. The van der Waals surface area contributed by atoms with Crippen LogP contribution in [0, 0.1) is 0 Å². The third-order valence-corrected chi connectivity index (χ3v) is 4.30. The van der Waals surface area contributed by atoms with Crippen molar-refractivity contribution >= 4 is 27.5 Å². The van der Waals surface area contributed by atoms with Gasteiger partial charge in [0, 0.05) is 16.9 Å². The van der Waals surface area contributed by atoms with Gasteiger partial charge in [0.2, 0.25) is 0 Å². The van der Waals surface area contributed by atoms with Crippen molar-refractivity contribution in [2.45, 2.75) is 6.61 Å². The van der Waals surface area contributed by atoms with E-state index in [1.165, 1.54) is 0 Å². The summed E-state index contributed by atoms with van der Waals surface area (Å²) in [6.45, 7) is 0.226. The number of ether oxygens (including phenoxy) is 1. The maximum Gasteiger partial charge on any atom is 0.291 e.